The minimum Gasteiger partial charge on any atom is -0.487 e. The van der Waals surface area contributed by atoms with Crippen molar-refractivity contribution in [1.29, 1.82) is 0 Å². The van der Waals surface area contributed by atoms with Gasteiger partial charge in [0.25, 0.3) is 5.56 Å². The van der Waals surface area contributed by atoms with E-state index in [-0.39, 0.29) is 5.56 Å². The number of hydrogen-bond donors (Lipinski definition) is 2. The van der Waals surface area contributed by atoms with Crippen LogP contribution in [-0.2, 0) is 6.54 Å². The SMILES string of the molecule is CN/C(=C\N)COc1cc(C)n(Cc2ccc(C#CC3CC3)cc2)c(=O)c1. The third-order valence-electron chi connectivity index (χ3n) is 4.52. The minimum absolute atomic E-state index is 0.0923. The highest BCUT2D eigenvalue weighted by Gasteiger charge is 2.17. The molecule has 1 heterocycles. The second-order valence-electron chi connectivity index (χ2n) is 6.73. The molecular formula is C22H25N3O2. The summed E-state index contributed by atoms with van der Waals surface area (Å²) in [5.74, 6) is 7.60. The highest BCUT2D eigenvalue weighted by atomic mass is 16.5. The smallest absolute Gasteiger partial charge is 0.254 e. The van der Waals surface area contributed by atoms with Crippen molar-refractivity contribution in [3.05, 3.63) is 75.5 Å². The van der Waals surface area contributed by atoms with Crippen LogP contribution in [0.2, 0.25) is 0 Å². The molecule has 0 atom stereocenters. The van der Waals surface area contributed by atoms with Crippen molar-refractivity contribution in [3.8, 4) is 17.6 Å². The fourth-order valence-electron chi connectivity index (χ4n) is 2.64. The van der Waals surface area contributed by atoms with Crippen LogP contribution in [0.1, 0.15) is 29.7 Å². The number of aromatic nitrogens is 1. The molecule has 5 nitrogen and oxygen atoms in total. The summed E-state index contributed by atoms with van der Waals surface area (Å²) in [4.78, 5) is 12.5. The molecule has 0 spiro atoms. The lowest BCUT2D eigenvalue weighted by molar-refractivity contribution is 0.342. The number of hydrogen-bond acceptors (Lipinski definition) is 4. The molecule has 2 aromatic rings. The Morgan fingerprint density at radius 1 is 1.33 bits per heavy atom. The van der Waals surface area contributed by atoms with Gasteiger partial charge in [0.05, 0.1) is 12.2 Å². The minimum atomic E-state index is -0.0923. The van der Waals surface area contributed by atoms with Crippen LogP contribution in [0.15, 0.2) is 53.1 Å². The Morgan fingerprint density at radius 2 is 2.07 bits per heavy atom. The summed E-state index contributed by atoms with van der Waals surface area (Å²) in [7, 11) is 1.77. The Bertz CT molecular complexity index is 942. The van der Waals surface area contributed by atoms with Crippen LogP contribution < -0.4 is 21.3 Å². The van der Waals surface area contributed by atoms with E-state index in [4.69, 9.17) is 10.5 Å². The lowest BCUT2D eigenvalue weighted by Crippen LogP contribution is -2.23. The zero-order valence-corrected chi connectivity index (χ0v) is 15.8. The molecule has 27 heavy (non-hydrogen) atoms. The summed E-state index contributed by atoms with van der Waals surface area (Å²) in [6, 6.07) is 11.5. The van der Waals surface area contributed by atoms with E-state index < -0.39 is 0 Å². The molecule has 1 aliphatic rings. The molecule has 0 saturated heterocycles. The first-order valence-corrected chi connectivity index (χ1v) is 9.12. The summed E-state index contributed by atoms with van der Waals surface area (Å²) in [5.41, 5.74) is 9.07. The number of nitrogens with two attached hydrogens (primary N) is 1. The molecule has 5 heteroatoms. The van der Waals surface area contributed by atoms with Gasteiger partial charge in [-0.3, -0.25) is 4.79 Å². The molecule has 1 fully saturated rings. The average Bonchev–Trinajstić information content (AvgIpc) is 3.49. The molecule has 3 rings (SSSR count). The second-order valence-corrected chi connectivity index (χ2v) is 6.73. The third-order valence-corrected chi connectivity index (χ3v) is 4.52. The first kappa shape index (κ1) is 18.7. The number of benzene rings is 1. The van der Waals surface area contributed by atoms with Gasteiger partial charge in [0.15, 0.2) is 0 Å². The number of ether oxygens (including phenoxy) is 1. The predicted molar refractivity (Wildman–Crippen MR) is 107 cm³/mol. The summed E-state index contributed by atoms with van der Waals surface area (Å²) >= 11 is 0. The first-order chi connectivity index (χ1) is 13.1. The van der Waals surface area contributed by atoms with Gasteiger partial charge in [0.1, 0.15) is 12.4 Å². The number of rotatable bonds is 6. The monoisotopic (exact) mass is 363 g/mol. The van der Waals surface area contributed by atoms with Crippen molar-refractivity contribution >= 4 is 0 Å². The fraction of sp³-hybridized carbons (Fsp3) is 0.318. The predicted octanol–water partition coefficient (Wildman–Crippen LogP) is 2.36. The Hall–Kier alpha value is -3.13. The van der Waals surface area contributed by atoms with E-state index in [1.807, 2.05) is 37.3 Å². The standard InChI is InChI=1S/C22H25N3O2/c1-16-11-21(27-15-20(13-23)24-2)12-22(26)25(16)14-19-9-7-18(8-10-19)6-5-17-3-4-17/h7-13,17,24H,3-4,14-15,23H2,1-2H3/b20-13-. The van der Waals surface area contributed by atoms with Crippen molar-refractivity contribution in [3.63, 3.8) is 0 Å². The average molecular weight is 363 g/mol. The van der Waals surface area contributed by atoms with Crippen molar-refractivity contribution in [2.24, 2.45) is 11.7 Å². The fourth-order valence-corrected chi connectivity index (χ4v) is 2.64. The lowest BCUT2D eigenvalue weighted by Gasteiger charge is -2.13. The number of likely N-dealkylation sites (N-methyl/N-ethyl adjacent to an activating group) is 1. The Kier molecular flexibility index (Phi) is 5.87. The van der Waals surface area contributed by atoms with Gasteiger partial charge in [-0.25, -0.2) is 0 Å². The Morgan fingerprint density at radius 3 is 2.67 bits per heavy atom. The van der Waals surface area contributed by atoms with E-state index in [0.29, 0.717) is 24.8 Å². The summed E-state index contributed by atoms with van der Waals surface area (Å²) in [5, 5.41) is 2.94. The molecule has 0 bridgehead atoms. The molecule has 1 saturated carbocycles. The van der Waals surface area contributed by atoms with E-state index in [1.165, 1.54) is 25.1 Å². The third kappa shape index (κ3) is 5.18. The zero-order chi connectivity index (χ0) is 19.2. The molecule has 1 aromatic carbocycles. The molecule has 3 N–H and O–H groups in total. The van der Waals surface area contributed by atoms with E-state index in [1.54, 1.807) is 11.6 Å². The maximum absolute atomic E-state index is 12.5. The van der Waals surface area contributed by atoms with Crippen LogP contribution in [0, 0.1) is 24.7 Å². The van der Waals surface area contributed by atoms with Crippen molar-refractivity contribution in [2.45, 2.75) is 26.3 Å². The topological polar surface area (TPSA) is 69.3 Å². The maximum atomic E-state index is 12.5. The van der Waals surface area contributed by atoms with Gasteiger partial charge < -0.3 is 20.4 Å². The van der Waals surface area contributed by atoms with Gasteiger partial charge in [0, 0.05) is 36.5 Å². The van der Waals surface area contributed by atoms with Gasteiger partial charge in [-0.1, -0.05) is 24.0 Å². The lowest BCUT2D eigenvalue weighted by atomic mass is 10.1. The molecule has 1 aliphatic carbocycles. The van der Waals surface area contributed by atoms with Crippen LogP contribution in [0.4, 0.5) is 0 Å². The first-order valence-electron chi connectivity index (χ1n) is 9.12. The van der Waals surface area contributed by atoms with E-state index in [2.05, 4.69) is 17.2 Å². The van der Waals surface area contributed by atoms with E-state index in [0.717, 1.165) is 22.5 Å². The molecule has 0 aliphatic heterocycles. The van der Waals surface area contributed by atoms with Crippen molar-refractivity contribution < 1.29 is 4.74 Å². The van der Waals surface area contributed by atoms with Gasteiger partial charge >= 0.3 is 0 Å². The van der Waals surface area contributed by atoms with Crippen LogP contribution in [0.25, 0.3) is 0 Å². The summed E-state index contributed by atoms with van der Waals surface area (Å²) < 4.78 is 7.38. The van der Waals surface area contributed by atoms with Crippen molar-refractivity contribution in [2.75, 3.05) is 13.7 Å². The summed E-state index contributed by atoms with van der Waals surface area (Å²) in [6.45, 7) is 2.71. The van der Waals surface area contributed by atoms with Gasteiger partial charge in [0.2, 0.25) is 0 Å². The van der Waals surface area contributed by atoms with Crippen LogP contribution in [0.3, 0.4) is 0 Å². The van der Waals surface area contributed by atoms with Crippen LogP contribution in [0.5, 0.6) is 5.75 Å². The molecular weight excluding hydrogens is 338 g/mol. The van der Waals surface area contributed by atoms with Crippen molar-refractivity contribution in [1.82, 2.24) is 9.88 Å². The highest BCUT2D eigenvalue weighted by Crippen LogP contribution is 2.27. The zero-order valence-electron chi connectivity index (χ0n) is 15.8. The van der Waals surface area contributed by atoms with Gasteiger partial charge in [-0.05, 0) is 43.5 Å². The number of nitrogens with zero attached hydrogens (tertiary/aromatic N) is 1. The maximum Gasteiger partial charge on any atom is 0.254 e. The van der Waals surface area contributed by atoms with E-state index in [9.17, 15) is 4.79 Å². The number of nitrogens with one attached hydrogen (secondary N) is 1. The number of pyridine rings is 1. The molecule has 0 unspecified atom stereocenters. The molecule has 0 amide bonds. The largest absolute Gasteiger partial charge is 0.487 e. The summed E-state index contributed by atoms with van der Waals surface area (Å²) in [6.07, 6.45) is 3.91. The Balaban J connectivity index is 1.69. The molecule has 1 aromatic heterocycles. The van der Waals surface area contributed by atoms with Gasteiger partial charge in [-0.2, -0.15) is 0 Å². The van der Waals surface area contributed by atoms with Crippen LogP contribution >= 0.6 is 0 Å². The van der Waals surface area contributed by atoms with E-state index >= 15 is 0 Å². The normalized spacial score (nSPS) is 13.6. The van der Waals surface area contributed by atoms with Crippen LogP contribution in [-0.4, -0.2) is 18.2 Å². The second kappa shape index (κ2) is 8.50. The van der Waals surface area contributed by atoms with Gasteiger partial charge in [-0.15, -0.1) is 0 Å². The molecule has 0 radical (unpaired) electrons. The quantitative estimate of drug-likeness (QED) is 0.773. The molecule has 140 valence electrons. The Labute approximate surface area is 159 Å². The highest BCUT2D eigenvalue weighted by molar-refractivity contribution is 5.37. The number of aryl methyl sites for hydroxylation is 1.